The minimum absolute atomic E-state index is 0.0827. The molecule has 1 atom stereocenters. The van der Waals surface area contributed by atoms with Crippen LogP contribution in [0, 0.1) is 12.8 Å². The van der Waals surface area contributed by atoms with Crippen molar-refractivity contribution in [1.29, 1.82) is 0 Å². The summed E-state index contributed by atoms with van der Waals surface area (Å²) in [6, 6.07) is 0. The first kappa shape index (κ1) is 13.0. The van der Waals surface area contributed by atoms with Crippen LogP contribution in [0.2, 0.25) is 0 Å². The molecule has 0 bridgehead atoms. The summed E-state index contributed by atoms with van der Waals surface area (Å²) >= 11 is 1.88. The molecule has 1 saturated carbocycles. The van der Waals surface area contributed by atoms with Gasteiger partial charge in [-0.25, -0.2) is 4.98 Å². The summed E-state index contributed by atoms with van der Waals surface area (Å²) in [5, 5.41) is 4.84. The first-order chi connectivity index (χ1) is 8.11. The van der Waals surface area contributed by atoms with E-state index in [9.17, 15) is 0 Å². The molecule has 1 unspecified atom stereocenters. The Morgan fingerprint density at radius 3 is 2.53 bits per heavy atom. The van der Waals surface area contributed by atoms with Crippen LogP contribution >= 0.6 is 11.3 Å². The number of aromatic nitrogens is 1. The van der Waals surface area contributed by atoms with E-state index < -0.39 is 0 Å². The molecule has 17 heavy (non-hydrogen) atoms. The summed E-state index contributed by atoms with van der Waals surface area (Å²) in [6.07, 6.45) is 6.50. The van der Waals surface area contributed by atoms with E-state index >= 15 is 0 Å². The number of nitrogens with one attached hydrogen (secondary N) is 1. The van der Waals surface area contributed by atoms with Crippen molar-refractivity contribution in [3.8, 4) is 0 Å². The SMILES string of the molecule is CCc1nc(C(C)(NC)C2CCCC2)sc1C. The minimum atomic E-state index is 0.0827. The van der Waals surface area contributed by atoms with Crippen LogP contribution in [0.1, 0.15) is 55.1 Å². The summed E-state index contributed by atoms with van der Waals surface area (Å²) in [6.45, 7) is 6.73. The quantitative estimate of drug-likeness (QED) is 0.885. The van der Waals surface area contributed by atoms with Crippen molar-refractivity contribution in [2.45, 2.75) is 58.4 Å². The molecule has 0 spiro atoms. The van der Waals surface area contributed by atoms with Crippen LogP contribution in [0.3, 0.4) is 0 Å². The van der Waals surface area contributed by atoms with Gasteiger partial charge in [-0.2, -0.15) is 0 Å². The van der Waals surface area contributed by atoms with E-state index in [1.54, 1.807) is 0 Å². The Bertz CT molecular complexity index is 380. The highest BCUT2D eigenvalue weighted by Gasteiger charge is 2.38. The monoisotopic (exact) mass is 252 g/mol. The molecule has 1 aromatic rings. The molecule has 1 aromatic heterocycles. The Balaban J connectivity index is 2.32. The number of hydrogen-bond acceptors (Lipinski definition) is 3. The zero-order chi connectivity index (χ0) is 12.5. The molecule has 0 saturated heterocycles. The lowest BCUT2D eigenvalue weighted by Crippen LogP contribution is -2.43. The Morgan fingerprint density at radius 1 is 1.41 bits per heavy atom. The summed E-state index contributed by atoms with van der Waals surface area (Å²) in [5.74, 6) is 0.753. The van der Waals surface area contributed by atoms with Crippen LogP contribution < -0.4 is 5.32 Å². The summed E-state index contributed by atoms with van der Waals surface area (Å²) < 4.78 is 0. The molecule has 0 radical (unpaired) electrons. The number of thiazole rings is 1. The first-order valence-corrected chi connectivity index (χ1v) is 7.59. The average Bonchev–Trinajstić information content (AvgIpc) is 2.97. The Hall–Kier alpha value is -0.410. The van der Waals surface area contributed by atoms with Gasteiger partial charge >= 0.3 is 0 Å². The van der Waals surface area contributed by atoms with Crippen LogP contribution in [0.25, 0.3) is 0 Å². The molecular weight excluding hydrogens is 228 g/mol. The molecule has 0 aromatic carbocycles. The standard InChI is InChI=1S/C14H24N2S/c1-5-12-10(2)17-13(16-12)14(3,15-4)11-8-6-7-9-11/h11,15H,5-9H2,1-4H3. The third-order valence-corrected chi connectivity index (χ3v) is 5.61. The largest absolute Gasteiger partial charge is 0.308 e. The summed E-state index contributed by atoms with van der Waals surface area (Å²) in [4.78, 5) is 6.26. The number of hydrogen-bond donors (Lipinski definition) is 1. The van der Waals surface area contributed by atoms with E-state index in [-0.39, 0.29) is 5.54 Å². The lowest BCUT2D eigenvalue weighted by atomic mass is 9.85. The molecule has 1 aliphatic rings. The number of nitrogens with zero attached hydrogens (tertiary/aromatic N) is 1. The average molecular weight is 252 g/mol. The van der Waals surface area contributed by atoms with E-state index in [0.29, 0.717) is 0 Å². The van der Waals surface area contributed by atoms with Crippen molar-refractivity contribution >= 4 is 11.3 Å². The van der Waals surface area contributed by atoms with Crippen molar-refractivity contribution in [2.75, 3.05) is 7.05 Å². The van der Waals surface area contributed by atoms with Crippen molar-refractivity contribution in [1.82, 2.24) is 10.3 Å². The van der Waals surface area contributed by atoms with Gasteiger partial charge in [-0.15, -0.1) is 11.3 Å². The van der Waals surface area contributed by atoms with Crippen LogP contribution in [0.5, 0.6) is 0 Å². The zero-order valence-electron chi connectivity index (χ0n) is 11.5. The maximum absolute atomic E-state index is 4.87. The maximum atomic E-state index is 4.87. The lowest BCUT2D eigenvalue weighted by Gasteiger charge is -2.33. The van der Waals surface area contributed by atoms with E-state index in [0.717, 1.165) is 12.3 Å². The van der Waals surface area contributed by atoms with Gasteiger partial charge in [0.25, 0.3) is 0 Å². The van der Waals surface area contributed by atoms with Gasteiger partial charge in [-0.3, -0.25) is 0 Å². The number of rotatable bonds is 4. The molecule has 3 heteroatoms. The topological polar surface area (TPSA) is 24.9 Å². The van der Waals surface area contributed by atoms with Gasteiger partial charge in [0, 0.05) is 4.88 Å². The predicted molar refractivity (Wildman–Crippen MR) is 74.6 cm³/mol. The van der Waals surface area contributed by atoms with E-state index in [1.165, 1.54) is 41.3 Å². The van der Waals surface area contributed by atoms with E-state index in [2.05, 4.69) is 33.1 Å². The van der Waals surface area contributed by atoms with Gasteiger partial charge < -0.3 is 5.32 Å². The minimum Gasteiger partial charge on any atom is -0.308 e. The Labute approximate surface area is 109 Å². The van der Waals surface area contributed by atoms with Gasteiger partial charge in [0.05, 0.1) is 11.2 Å². The third-order valence-electron chi connectivity index (χ3n) is 4.36. The molecular formula is C14H24N2S. The fourth-order valence-electron chi connectivity index (χ4n) is 2.97. The molecule has 96 valence electrons. The molecule has 1 heterocycles. The highest BCUT2D eigenvalue weighted by Crippen LogP contribution is 2.41. The third kappa shape index (κ3) is 2.27. The fraction of sp³-hybridized carbons (Fsp3) is 0.786. The molecule has 2 nitrogen and oxygen atoms in total. The molecule has 0 aliphatic heterocycles. The Morgan fingerprint density at radius 2 is 2.06 bits per heavy atom. The maximum Gasteiger partial charge on any atom is 0.113 e. The molecule has 2 rings (SSSR count). The van der Waals surface area contributed by atoms with Crippen molar-refractivity contribution < 1.29 is 0 Å². The zero-order valence-corrected chi connectivity index (χ0v) is 12.3. The molecule has 1 fully saturated rings. The van der Waals surface area contributed by atoms with Crippen LogP contribution in [0.4, 0.5) is 0 Å². The smallest absolute Gasteiger partial charge is 0.113 e. The van der Waals surface area contributed by atoms with E-state index in [1.807, 2.05) is 11.3 Å². The highest BCUT2D eigenvalue weighted by molar-refractivity contribution is 7.11. The fourth-order valence-corrected chi connectivity index (χ4v) is 4.20. The number of aryl methyl sites for hydroxylation is 2. The van der Waals surface area contributed by atoms with Gasteiger partial charge in [0.1, 0.15) is 5.01 Å². The van der Waals surface area contributed by atoms with E-state index in [4.69, 9.17) is 4.98 Å². The van der Waals surface area contributed by atoms with Gasteiger partial charge in [0.2, 0.25) is 0 Å². The lowest BCUT2D eigenvalue weighted by molar-refractivity contribution is 0.251. The normalized spacial score (nSPS) is 20.7. The summed E-state index contributed by atoms with van der Waals surface area (Å²) in [7, 11) is 2.08. The molecule has 1 N–H and O–H groups in total. The van der Waals surface area contributed by atoms with Gasteiger partial charge in [0.15, 0.2) is 0 Å². The second kappa shape index (κ2) is 5.07. The van der Waals surface area contributed by atoms with Crippen molar-refractivity contribution in [3.05, 3.63) is 15.6 Å². The Kier molecular flexibility index (Phi) is 3.88. The van der Waals surface area contributed by atoms with Crippen molar-refractivity contribution in [3.63, 3.8) is 0 Å². The van der Waals surface area contributed by atoms with Crippen LogP contribution in [0.15, 0.2) is 0 Å². The summed E-state index contributed by atoms with van der Waals surface area (Å²) in [5.41, 5.74) is 1.36. The van der Waals surface area contributed by atoms with Gasteiger partial charge in [-0.05, 0) is 46.1 Å². The molecule has 1 aliphatic carbocycles. The highest BCUT2D eigenvalue weighted by atomic mass is 32.1. The van der Waals surface area contributed by atoms with Gasteiger partial charge in [-0.1, -0.05) is 19.8 Å². The van der Waals surface area contributed by atoms with Crippen LogP contribution in [-0.2, 0) is 12.0 Å². The van der Waals surface area contributed by atoms with Crippen LogP contribution in [-0.4, -0.2) is 12.0 Å². The molecule has 0 amide bonds. The first-order valence-electron chi connectivity index (χ1n) is 6.77. The second-order valence-electron chi connectivity index (χ2n) is 5.31. The van der Waals surface area contributed by atoms with Crippen molar-refractivity contribution in [2.24, 2.45) is 5.92 Å². The second-order valence-corrected chi connectivity index (χ2v) is 6.51. The predicted octanol–water partition coefficient (Wildman–Crippen LogP) is 3.64.